The fourth-order valence-corrected chi connectivity index (χ4v) is 4.03. The van der Waals surface area contributed by atoms with Crippen LogP contribution in [0.2, 0.25) is 0 Å². The SMILES string of the molecule is C=C(C)c1cccc2c1CN(Cc1c(C)cc(C)cc1C)C2C(=O)O.Cl. The summed E-state index contributed by atoms with van der Waals surface area (Å²) in [6.45, 7) is 13.6. The summed E-state index contributed by atoms with van der Waals surface area (Å²) in [5.74, 6) is -0.792. The Balaban J connectivity index is 0.00000243. The second-order valence-electron chi connectivity index (χ2n) is 7.18. The summed E-state index contributed by atoms with van der Waals surface area (Å²) in [4.78, 5) is 14.1. The van der Waals surface area contributed by atoms with Gasteiger partial charge in [-0.25, -0.2) is 0 Å². The minimum Gasteiger partial charge on any atom is -0.480 e. The number of carboxylic acids is 1. The summed E-state index contributed by atoms with van der Waals surface area (Å²) < 4.78 is 0. The smallest absolute Gasteiger partial charge is 0.325 e. The summed E-state index contributed by atoms with van der Waals surface area (Å²) in [6.07, 6.45) is 0. The van der Waals surface area contributed by atoms with Crippen molar-refractivity contribution in [2.45, 2.75) is 46.8 Å². The highest BCUT2D eigenvalue weighted by Crippen LogP contribution is 2.39. The first-order valence-corrected chi connectivity index (χ1v) is 8.61. The summed E-state index contributed by atoms with van der Waals surface area (Å²) in [6, 6.07) is 9.64. The molecule has 2 aromatic rings. The third kappa shape index (κ3) is 3.55. The Morgan fingerprint density at radius 1 is 1.23 bits per heavy atom. The highest BCUT2D eigenvalue weighted by atomic mass is 35.5. The van der Waals surface area contributed by atoms with Gasteiger partial charge >= 0.3 is 5.97 Å². The van der Waals surface area contributed by atoms with Crippen molar-refractivity contribution in [3.63, 3.8) is 0 Å². The molecule has 1 aliphatic heterocycles. The number of aryl methyl sites for hydroxylation is 3. The van der Waals surface area contributed by atoms with Crippen LogP contribution in [-0.4, -0.2) is 16.0 Å². The summed E-state index contributed by atoms with van der Waals surface area (Å²) in [5, 5.41) is 9.86. The molecule has 0 saturated carbocycles. The van der Waals surface area contributed by atoms with Crippen LogP contribution < -0.4 is 0 Å². The molecule has 138 valence electrons. The number of fused-ring (bicyclic) bond motifs is 1. The second kappa shape index (κ2) is 7.65. The Morgan fingerprint density at radius 3 is 2.38 bits per heavy atom. The predicted octanol–water partition coefficient (Wildman–Crippen LogP) is 5.21. The van der Waals surface area contributed by atoms with Gasteiger partial charge < -0.3 is 5.11 Å². The lowest BCUT2D eigenvalue weighted by molar-refractivity contribution is -0.143. The quantitative estimate of drug-likeness (QED) is 0.802. The fourth-order valence-electron chi connectivity index (χ4n) is 4.03. The van der Waals surface area contributed by atoms with Gasteiger partial charge in [-0.15, -0.1) is 12.4 Å². The molecule has 2 aromatic carbocycles. The first-order chi connectivity index (χ1) is 11.8. The standard InChI is InChI=1S/C22H25NO2.ClH/c1-13(2)17-7-6-8-18-20(17)12-23(21(18)22(24)25)11-19-15(4)9-14(3)10-16(19)5;/h6-10,21H,1,11-12H2,2-5H3,(H,24,25);1H. The van der Waals surface area contributed by atoms with Crippen LogP contribution in [0, 0.1) is 20.8 Å². The minimum atomic E-state index is -0.792. The van der Waals surface area contributed by atoms with Crippen molar-refractivity contribution in [1.82, 2.24) is 4.90 Å². The zero-order chi connectivity index (χ0) is 18.3. The molecule has 0 spiro atoms. The van der Waals surface area contributed by atoms with E-state index in [1.165, 1.54) is 22.3 Å². The Bertz CT molecular complexity index is 849. The van der Waals surface area contributed by atoms with Crippen LogP contribution in [0.5, 0.6) is 0 Å². The van der Waals surface area contributed by atoms with Gasteiger partial charge in [0.05, 0.1) is 0 Å². The Hall–Kier alpha value is -2.10. The van der Waals surface area contributed by atoms with Gasteiger partial charge in [-0.05, 0) is 61.1 Å². The molecule has 1 N–H and O–H groups in total. The van der Waals surface area contributed by atoms with E-state index in [4.69, 9.17) is 0 Å². The summed E-state index contributed by atoms with van der Waals surface area (Å²) in [7, 11) is 0. The molecule has 0 amide bonds. The van der Waals surface area contributed by atoms with E-state index < -0.39 is 12.0 Å². The molecule has 0 radical (unpaired) electrons. The monoisotopic (exact) mass is 371 g/mol. The minimum absolute atomic E-state index is 0. The van der Waals surface area contributed by atoms with Crippen molar-refractivity contribution in [1.29, 1.82) is 0 Å². The van der Waals surface area contributed by atoms with Gasteiger partial charge in [0.2, 0.25) is 0 Å². The van der Waals surface area contributed by atoms with E-state index in [1.807, 2.05) is 25.1 Å². The molecule has 0 aliphatic carbocycles. The molecule has 1 heterocycles. The topological polar surface area (TPSA) is 40.5 Å². The first-order valence-electron chi connectivity index (χ1n) is 8.61. The lowest BCUT2D eigenvalue weighted by atomic mass is 9.96. The molecule has 0 aromatic heterocycles. The van der Waals surface area contributed by atoms with Gasteiger partial charge in [-0.1, -0.05) is 48.0 Å². The molecule has 3 rings (SSSR count). The average Bonchev–Trinajstić information content (AvgIpc) is 2.88. The Kier molecular flexibility index (Phi) is 5.94. The number of hydrogen-bond donors (Lipinski definition) is 1. The van der Waals surface area contributed by atoms with Gasteiger partial charge in [-0.2, -0.15) is 0 Å². The van der Waals surface area contributed by atoms with E-state index in [-0.39, 0.29) is 12.4 Å². The maximum Gasteiger partial charge on any atom is 0.325 e. The van der Waals surface area contributed by atoms with Crippen LogP contribution in [0.4, 0.5) is 0 Å². The molecular weight excluding hydrogens is 346 g/mol. The molecule has 0 bridgehead atoms. The van der Waals surface area contributed by atoms with Gasteiger partial charge in [0.15, 0.2) is 0 Å². The highest BCUT2D eigenvalue weighted by molar-refractivity contribution is 5.85. The van der Waals surface area contributed by atoms with Crippen molar-refractivity contribution in [2.24, 2.45) is 0 Å². The Labute approximate surface area is 161 Å². The first kappa shape index (κ1) is 20.2. The predicted molar refractivity (Wildman–Crippen MR) is 109 cm³/mol. The Morgan fingerprint density at radius 2 is 1.85 bits per heavy atom. The molecule has 1 unspecified atom stereocenters. The zero-order valence-electron chi connectivity index (χ0n) is 15.8. The van der Waals surface area contributed by atoms with Crippen molar-refractivity contribution < 1.29 is 9.90 Å². The molecule has 1 aliphatic rings. The van der Waals surface area contributed by atoms with Crippen LogP contribution in [0.1, 0.15) is 51.9 Å². The van der Waals surface area contributed by atoms with E-state index in [0.717, 1.165) is 22.3 Å². The van der Waals surface area contributed by atoms with E-state index in [1.54, 1.807) is 0 Å². The number of rotatable bonds is 4. The lowest BCUT2D eigenvalue weighted by Crippen LogP contribution is -2.28. The van der Waals surface area contributed by atoms with E-state index >= 15 is 0 Å². The number of allylic oxidation sites excluding steroid dienone is 1. The third-order valence-electron chi connectivity index (χ3n) is 5.13. The number of carboxylic acid groups (broad SMARTS) is 1. The average molecular weight is 372 g/mol. The molecular formula is C22H26ClNO2. The lowest BCUT2D eigenvalue weighted by Gasteiger charge is -2.24. The summed E-state index contributed by atoms with van der Waals surface area (Å²) >= 11 is 0. The third-order valence-corrected chi connectivity index (χ3v) is 5.13. The molecule has 26 heavy (non-hydrogen) atoms. The largest absolute Gasteiger partial charge is 0.480 e. The van der Waals surface area contributed by atoms with Crippen LogP contribution in [0.25, 0.3) is 5.57 Å². The van der Waals surface area contributed by atoms with Crippen LogP contribution >= 0.6 is 12.4 Å². The maximum absolute atomic E-state index is 12.0. The van der Waals surface area contributed by atoms with Crippen molar-refractivity contribution in [3.05, 3.63) is 75.9 Å². The van der Waals surface area contributed by atoms with E-state index in [0.29, 0.717) is 13.1 Å². The van der Waals surface area contributed by atoms with Gasteiger partial charge in [-0.3, -0.25) is 9.69 Å². The van der Waals surface area contributed by atoms with Gasteiger partial charge in [0, 0.05) is 13.1 Å². The number of carbonyl (C=O) groups is 1. The number of hydrogen-bond acceptors (Lipinski definition) is 2. The molecule has 0 fully saturated rings. The molecule has 3 nitrogen and oxygen atoms in total. The number of halogens is 1. The van der Waals surface area contributed by atoms with Gasteiger partial charge in [0.1, 0.15) is 6.04 Å². The van der Waals surface area contributed by atoms with Gasteiger partial charge in [0.25, 0.3) is 0 Å². The van der Waals surface area contributed by atoms with Crippen molar-refractivity contribution in [3.8, 4) is 0 Å². The highest BCUT2D eigenvalue weighted by Gasteiger charge is 2.37. The van der Waals surface area contributed by atoms with Crippen LogP contribution in [-0.2, 0) is 17.9 Å². The molecule has 0 saturated heterocycles. The maximum atomic E-state index is 12.0. The van der Waals surface area contributed by atoms with E-state index in [9.17, 15) is 9.90 Å². The molecule has 1 atom stereocenters. The number of benzene rings is 2. The zero-order valence-corrected chi connectivity index (χ0v) is 16.6. The fraction of sp³-hybridized carbons (Fsp3) is 0.318. The van der Waals surface area contributed by atoms with Crippen LogP contribution in [0.3, 0.4) is 0 Å². The summed E-state index contributed by atoms with van der Waals surface area (Å²) in [5.41, 5.74) is 8.95. The van der Waals surface area contributed by atoms with Crippen molar-refractivity contribution >= 4 is 23.9 Å². The number of aliphatic carboxylic acids is 1. The number of nitrogens with zero attached hydrogens (tertiary/aromatic N) is 1. The van der Waals surface area contributed by atoms with Crippen molar-refractivity contribution in [2.75, 3.05) is 0 Å². The van der Waals surface area contributed by atoms with Crippen LogP contribution in [0.15, 0.2) is 36.9 Å². The normalized spacial score (nSPS) is 16.1. The van der Waals surface area contributed by atoms with E-state index in [2.05, 4.69) is 44.4 Å². The molecule has 4 heteroatoms. The second-order valence-corrected chi connectivity index (χ2v) is 7.18.